The van der Waals surface area contributed by atoms with Crippen LogP contribution in [0.1, 0.15) is 17.2 Å². The number of hydrogen-bond acceptors (Lipinski definition) is 3. The van der Waals surface area contributed by atoms with Crippen molar-refractivity contribution in [2.45, 2.75) is 12.5 Å². The molecule has 1 heterocycles. The fourth-order valence-electron chi connectivity index (χ4n) is 2.90. The molecule has 1 atom stereocenters. The van der Waals surface area contributed by atoms with Crippen molar-refractivity contribution in [3.8, 4) is 0 Å². The van der Waals surface area contributed by atoms with E-state index in [4.69, 9.17) is 4.74 Å². The van der Waals surface area contributed by atoms with Crippen molar-refractivity contribution in [3.05, 3.63) is 65.5 Å². The monoisotopic (exact) mass is 342 g/mol. The van der Waals surface area contributed by atoms with Crippen molar-refractivity contribution >= 4 is 17.5 Å². The highest BCUT2D eigenvalue weighted by Gasteiger charge is 2.32. The van der Waals surface area contributed by atoms with Gasteiger partial charge in [-0.1, -0.05) is 30.3 Å². The van der Waals surface area contributed by atoms with Gasteiger partial charge in [0.1, 0.15) is 12.4 Å². The molecule has 5 nitrogen and oxygen atoms in total. The standard InChI is InChI=1S/C19H19FN2O3/c1-21-17(23)12-22(15-7-4-6-14(20)11-15)19(24)18-16-8-3-2-5-13(16)9-10-25-18/h2-8,11,18H,9-10,12H2,1H3,(H,21,23)/t18-/m1/s1. The van der Waals surface area contributed by atoms with Gasteiger partial charge in [0.2, 0.25) is 5.91 Å². The van der Waals surface area contributed by atoms with Crippen molar-refractivity contribution in [2.75, 3.05) is 25.1 Å². The molecule has 1 aliphatic rings. The van der Waals surface area contributed by atoms with E-state index in [1.165, 1.54) is 30.1 Å². The Kier molecular flexibility index (Phi) is 5.09. The van der Waals surface area contributed by atoms with Gasteiger partial charge >= 0.3 is 0 Å². The molecule has 1 N–H and O–H groups in total. The number of halogens is 1. The van der Waals surface area contributed by atoms with Gasteiger partial charge in [0.15, 0.2) is 6.10 Å². The summed E-state index contributed by atoms with van der Waals surface area (Å²) in [6.45, 7) is 0.213. The van der Waals surface area contributed by atoms with E-state index in [9.17, 15) is 14.0 Å². The Morgan fingerprint density at radius 2 is 2.04 bits per heavy atom. The Labute approximate surface area is 145 Å². The van der Waals surface area contributed by atoms with E-state index in [0.29, 0.717) is 12.3 Å². The summed E-state index contributed by atoms with van der Waals surface area (Å²) in [4.78, 5) is 26.3. The lowest BCUT2D eigenvalue weighted by Gasteiger charge is -2.30. The maximum absolute atomic E-state index is 13.6. The van der Waals surface area contributed by atoms with Crippen LogP contribution in [0.3, 0.4) is 0 Å². The van der Waals surface area contributed by atoms with E-state index in [0.717, 1.165) is 17.5 Å². The lowest BCUT2D eigenvalue weighted by atomic mass is 9.96. The summed E-state index contributed by atoms with van der Waals surface area (Å²) in [5.41, 5.74) is 2.16. The number of likely N-dealkylation sites (N-methyl/N-ethyl adjacent to an activating group) is 1. The highest BCUT2D eigenvalue weighted by Crippen LogP contribution is 2.30. The van der Waals surface area contributed by atoms with Gasteiger partial charge in [-0.15, -0.1) is 0 Å². The molecule has 1 aliphatic heterocycles. The first-order valence-electron chi connectivity index (χ1n) is 8.07. The maximum Gasteiger partial charge on any atom is 0.261 e. The number of amides is 2. The number of benzene rings is 2. The molecule has 2 aromatic carbocycles. The molecule has 3 rings (SSSR count). The minimum absolute atomic E-state index is 0.208. The first-order valence-corrected chi connectivity index (χ1v) is 8.07. The molecule has 25 heavy (non-hydrogen) atoms. The maximum atomic E-state index is 13.6. The van der Waals surface area contributed by atoms with Crippen molar-refractivity contribution < 1.29 is 18.7 Å². The van der Waals surface area contributed by atoms with Crippen LogP contribution >= 0.6 is 0 Å². The zero-order chi connectivity index (χ0) is 17.8. The van der Waals surface area contributed by atoms with Crippen LogP contribution in [0.5, 0.6) is 0 Å². The van der Waals surface area contributed by atoms with E-state index in [1.807, 2.05) is 24.3 Å². The predicted molar refractivity (Wildman–Crippen MR) is 91.7 cm³/mol. The van der Waals surface area contributed by atoms with Gasteiger partial charge < -0.3 is 15.0 Å². The third kappa shape index (κ3) is 3.69. The van der Waals surface area contributed by atoms with Crippen molar-refractivity contribution in [1.29, 1.82) is 0 Å². The Morgan fingerprint density at radius 1 is 1.24 bits per heavy atom. The van der Waals surface area contributed by atoms with Crippen LogP contribution in [0.4, 0.5) is 10.1 Å². The van der Waals surface area contributed by atoms with E-state index in [1.54, 1.807) is 6.07 Å². The Bertz CT molecular complexity index is 794. The van der Waals surface area contributed by atoms with E-state index < -0.39 is 11.9 Å². The number of rotatable bonds is 4. The molecule has 0 aromatic heterocycles. The lowest BCUT2D eigenvalue weighted by molar-refractivity contribution is -0.132. The number of nitrogens with zero attached hydrogens (tertiary/aromatic N) is 1. The van der Waals surface area contributed by atoms with Crippen LogP contribution in [0.15, 0.2) is 48.5 Å². The average Bonchev–Trinajstić information content (AvgIpc) is 2.65. The minimum Gasteiger partial charge on any atom is -0.363 e. The Morgan fingerprint density at radius 3 is 2.80 bits per heavy atom. The average molecular weight is 342 g/mol. The zero-order valence-electron chi connectivity index (χ0n) is 13.9. The molecule has 2 amide bonds. The first-order chi connectivity index (χ1) is 12.1. The SMILES string of the molecule is CNC(=O)CN(C(=O)[C@@H]1OCCc2ccccc21)c1cccc(F)c1. The smallest absolute Gasteiger partial charge is 0.261 e. The quantitative estimate of drug-likeness (QED) is 0.927. The molecule has 0 radical (unpaired) electrons. The number of fused-ring (bicyclic) bond motifs is 1. The molecule has 0 bridgehead atoms. The molecule has 0 fully saturated rings. The number of ether oxygens (including phenoxy) is 1. The van der Waals surface area contributed by atoms with Crippen molar-refractivity contribution in [2.24, 2.45) is 0 Å². The summed E-state index contributed by atoms with van der Waals surface area (Å²) in [6, 6.07) is 13.2. The molecule has 0 saturated heterocycles. The van der Waals surface area contributed by atoms with Gasteiger partial charge in [-0.25, -0.2) is 4.39 Å². The number of carbonyl (C=O) groups is 2. The van der Waals surface area contributed by atoms with Gasteiger partial charge in [0, 0.05) is 12.7 Å². The summed E-state index contributed by atoms with van der Waals surface area (Å²) in [5, 5.41) is 2.49. The second kappa shape index (κ2) is 7.44. The van der Waals surface area contributed by atoms with Crippen LogP contribution < -0.4 is 10.2 Å². The van der Waals surface area contributed by atoms with Crippen LogP contribution in [0.2, 0.25) is 0 Å². The summed E-state index contributed by atoms with van der Waals surface area (Å²) in [7, 11) is 1.49. The van der Waals surface area contributed by atoms with Crippen molar-refractivity contribution in [1.82, 2.24) is 5.32 Å². The number of carbonyl (C=O) groups excluding carboxylic acids is 2. The van der Waals surface area contributed by atoms with Crippen LogP contribution in [-0.4, -0.2) is 32.0 Å². The van der Waals surface area contributed by atoms with Crippen molar-refractivity contribution in [3.63, 3.8) is 0 Å². The molecule has 0 unspecified atom stereocenters. The Hall–Kier alpha value is -2.73. The van der Waals surface area contributed by atoms with E-state index >= 15 is 0 Å². The largest absolute Gasteiger partial charge is 0.363 e. The topological polar surface area (TPSA) is 58.6 Å². The van der Waals surface area contributed by atoms with E-state index in [-0.39, 0.29) is 18.4 Å². The second-order valence-corrected chi connectivity index (χ2v) is 5.78. The zero-order valence-corrected chi connectivity index (χ0v) is 13.9. The van der Waals surface area contributed by atoms with Crippen LogP contribution in [-0.2, 0) is 20.7 Å². The van der Waals surface area contributed by atoms with Crippen LogP contribution in [0, 0.1) is 5.82 Å². The second-order valence-electron chi connectivity index (χ2n) is 5.78. The fraction of sp³-hybridized carbons (Fsp3) is 0.263. The highest BCUT2D eigenvalue weighted by molar-refractivity contribution is 6.01. The molecule has 2 aromatic rings. The summed E-state index contributed by atoms with van der Waals surface area (Å²) < 4.78 is 19.3. The summed E-state index contributed by atoms with van der Waals surface area (Å²) in [6.07, 6.45) is -0.0760. The minimum atomic E-state index is -0.808. The Balaban J connectivity index is 1.96. The number of hydrogen-bond donors (Lipinski definition) is 1. The third-order valence-corrected chi connectivity index (χ3v) is 4.18. The van der Waals surface area contributed by atoms with E-state index in [2.05, 4.69) is 5.32 Å². The molecule has 130 valence electrons. The lowest BCUT2D eigenvalue weighted by Crippen LogP contribution is -2.43. The van der Waals surface area contributed by atoms with Gasteiger partial charge in [-0.3, -0.25) is 9.59 Å². The molecule has 6 heteroatoms. The molecular weight excluding hydrogens is 323 g/mol. The molecule has 0 aliphatic carbocycles. The summed E-state index contributed by atoms with van der Waals surface area (Å²) >= 11 is 0. The molecular formula is C19H19FN2O3. The summed E-state index contributed by atoms with van der Waals surface area (Å²) in [5.74, 6) is -1.21. The first kappa shape index (κ1) is 17.1. The number of anilines is 1. The molecule has 0 spiro atoms. The van der Waals surface area contributed by atoms with Gasteiger partial charge in [-0.2, -0.15) is 0 Å². The van der Waals surface area contributed by atoms with Gasteiger partial charge in [0.25, 0.3) is 5.91 Å². The fourth-order valence-corrected chi connectivity index (χ4v) is 2.90. The van der Waals surface area contributed by atoms with Gasteiger partial charge in [0.05, 0.1) is 6.61 Å². The third-order valence-electron chi connectivity index (χ3n) is 4.18. The van der Waals surface area contributed by atoms with Gasteiger partial charge in [-0.05, 0) is 35.7 Å². The predicted octanol–water partition coefficient (Wildman–Crippen LogP) is 2.22. The number of nitrogens with one attached hydrogen (secondary N) is 1. The molecule has 0 saturated carbocycles. The normalized spacial score (nSPS) is 16.0. The van der Waals surface area contributed by atoms with Crippen LogP contribution in [0.25, 0.3) is 0 Å². The highest BCUT2D eigenvalue weighted by atomic mass is 19.1.